The van der Waals surface area contributed by atoms with E-state index >= 15 is 0 Å². The van der Waals surface area contributed by atoms with Crippen LogP contribution in [-0.2, 0) is 6.54 Å². The Balaban J connectivity index is 1.12. The Morgan fingerprint density at radius 3 is 1.89 bits per heavy atom. The van der Waals surface area contributed by atoms with Crippen LogP contribution in [0.4, 0.5) is 17.1 Å². The molecule has 0 amide bonds. The van der Waals surface area contributed by atoms with E-state index in [0.717, 1.165) is 23.6 Å². The van der Waals surface area contributed by atoms with E-state index in [1.165, 1.54) is 64.3 Å². The summed E-state index contributed by atoms with van der Waals surface area (Å²) < 4.78 is 1.31. The van der Waals surface area contributed by atoms with Crippen molar-refractivity contribution in [1.82, 2.24) is 5.32 Å². The largest absolute Gasteiger partial charge is 0.386 e. The Bertz CT molecular complexity index is 2400. The maximum absolute atomic E-state index is 3.37. The zero-order valence-electron chi connectivity index (χ0n) is 25.2. The third-order valence-electron chi connectivity index (χ3n) is 9.11. The molecule has 9 rings (SSSR count). The zero-order valence-corrected chi connectivity index (χ0v) is 26.0. The van der Waals surface area contributed by atoms with Gasteiger partial charge in [0.2, 0.25) is 0 Å². The van der Waals surface area contributed by atoms with Gasteiger partial charge >= 0.3 is 0 Å². The van der Waals surface area contributed by atoms with Crippen molar-refractivity contribution in [1.29, 1.82) is 0 Å². The first-order chi connectivity index (χ1) is 22.8. The van der Waals surface area contributed by atoms with Crippen LogP contribution in [0.5, 0.6) is 0 Å². The molecule has 1 N–H and O–H groups in total. The number of thiophene rings is 1. The van der Waals surface area contributed by atoms with E-state index in [0.29, 0.717) is 0 Å². The van der Waals surface area contributed by atoms with Crippen molar-refractivity contribution in [2.24, 2.45) is 0 Å². The van der Waals surface area contributed by atoms with Crippen LogP contribution in [0.15, 0.2) is 158 Å². The fourth-order valence-electron chi connectivity index (χ4n) is 6.78. The number of nitrogens with zero attached hydrogens (tertiary/aromatic N) is 1. The molecule has 2 nitrogen and oxygen atoms in total. The molecule has 0 bridgehead atoms. The third kappa shape index (κ3) is 4.65. The molecule has 0 atom stereocenters. The molecule has 0 aliphatic carbocycles. The Morgan fingerprint density at radius 1 is 0.478 bits per heavy atom. The average molecular weight is 607 g/mol. The molecule has 0 radical (unpaired) electrons. The Morgan fingerprint density at radius 2 is 1.09 bits per heavy atom. The van der Waals surface area contributed by atoms with Crippen molar-refractivity contribution in [3.05, 3.63) is 168 Å². The molecule has 0 saturated carbocycles. The Labute approximate surface area is 272 Å². The molecule has 0 fully saturated rings. The Hall–Kier alpha value is -5.64. The van der Waals surface area contributed by atoms with Gasteiger partial charge in [-0.05, 0) is 104 Å². The molecule has 0 unspecified atom stereocenters. The van der Waals surface area contributed by atoms with Gasteiger partial charge in [-0.25, -0.2) is 0 Å². The highest BCUT2D eigenvalue weighted by atomic mass is 32.1. The fraction of sp³-hybridized carbons (Fsp3) is 0.0233. The molecule has 7 aromatic carbocycles. The van der Waals surface area contributed by atoms with Crippen LogP contribution in [0.3, 0.4) is 0 Å². The van der Waals surface area contributed by atoms with Crippen molar-refractivity contribution in [3.8, 4) is 22.3 Å². The molecule has 8 aromatic rings. The molecule has 3 heteroatoms. The van der Waals surface area contributed by atoms with Crippen molar-refractivity contribution in [2.75, 3.05) is 4.90 Å². The molecule has 1 aliphatic heterocycles. The summed E-state index contributed by atoms with van der Waals surface area (Å²) >= 11 is 1.88. The summed E-state index contributed by atoms with van der Waals surface area (Å²) in [6.45, 7) is 0.887. The predicted molar refractivity (Wildman–Crippen MR) is 198 cm³/mol. The van der Waals surface area contributed by atoms with Gasteiger partial charge in [0.15, 0.2) is 0 Å². The van der Waals surface area contributed by atoms with Crippen molar-refractivity contribution in [3.63, 3.8) is 0 Å². The summed E-state index contributed by atoms with van der Waals surface area (Å²) in [6, 6.07) is 55.3. The minimum Gasteiger partial charge on any atom is -0.386 e. The standard InChI is InChI=1S/C43H30N2S/c1-2-6-29(7-3-1)30-12-17-35(18-13-30)45(37-21-23-40-41-24-25-44-28-43(41)46-42(40)27-37)36-19-14-31(15-20-36)33-16-22-39-34(26-33)11-10-32-8-4-5-9-38(32)39/h1-27,44H,28H2. The first-order valence-corrected chi connectivity index (χ1v) is 16.5. The van der Waals surface area contributed by atoms with E-state index < -0.39 is 0 Å². The molecule has 218 valence electrons. The van der Waals surface area contributed by atoms with Crippen LogP contribution in [0.2, 0.25) is 0 Å². The second-order valence-corrected chi connectivity index (χ2v) is 13.0. The molecule has 46 heavy (non-hydrogen) atoms. The summed E-state index contributed by atoms with van der Waals surface area (Å²) in [7, 11) is 0. The predicted octanol–water partition coefficient (Wildman–Crippen LogP) is 12.1. The fourth-order valence-corrected chi connectivity index (χ4v) is 7.96. The lowest BCUT2D eigenvalue weighted by molar-refractivity contribution is 0.878. The zero-order chi connectivity index (χ0) is 30.5. The van der Waals surface area contributed by atoms with Crippen LogP contribution in [0.1, 0.15) is 10.4 Å². The first-order valence-electron chi connectivity index (χ1n) is 15.7. The normalized spacial score (nSPS) is 12.3. The number of rotatable bonds is 5. The number of nitrogens with one attached hydrogen (secondary N) is 1. The van der Waals surface area contributed by atoms with Gasteiger partial charge in [0.1, 0.15) is 0 Å². The monoisotopic (exact) mass is 606 g/mol. The Kier molecular flexibility index (Phi) is 6.43. The summed E-state index contributed by atoms with van der Waals surface area (Å²) in [6.07, 6.45) is 4.26. The first kappa shape index (κ1) is 26.7. The SMILES string of the molecule is C1=Cc2c(sc3cc(N(c4ccc(-c5ccccc5)cc4)c4ccc(-c5ccc6c(ccc7ccccc76)c5)cc4)ccc23)CN1. The maximum Gasteiger partial charge on any atom is 0.0495 e. The molecular formula is C43H30N2S. The lowest BCUT2D eigenvalue weighted by Gasteiger charge is -2.26. The molecule has 0 spiro atoms. The average Bonchev–Trinajstić information content (AvgIpc) is 3.50. The molecule has 2 heterocycles. The highest BCUT2D eigenvalue weighted by Gasteiger charge is 2.17. The van der Waals surface area contributed by atoms with Crippen molar-refractivity contribution < 1.29 is 0 Å². The van der Waals surface area contributed by atoms with Crippen molar-refractivity contribution >= 4 is 66.1 Å². The smallest absolute Gasteiger partial charge is 0.0495 e. The minimum atomic E-state index is 0.887. The highest BCUT2D eigenvalue weighted by Crippen LogP contribution is 2.41. The van der Waals surface area contributed by atoms with Gasteiger partial charge in [0.25, 0.3) is 0 Å². The number of hydrogen-bond donors (Lipinski definition) is 1. The lowest BCUT2D eigenvalue weighted by atomic mass is 9.97. The maximum atomic E-state index is 3.37. The van der Waals surface area contributed by atoms with Crippen LogP contribution in [-0.4, -0.2) is 0 Å². The number of anilines is 3. The van der Waals surface area contributed by atoms with Gasteiger partial charge in [-0.15, -0.1) is 11.3 Å². The van der Waals surface area contributed by atoms with E-state index in [1.807, 2.05) is 11.3 Å². The van der Waals surface area contributed by atoms with E-state index in [1.54, 1.807) is 0 Å². The molecule has 1 aliphatic rings. The minimum absolute atomic E-state index is 0.887. The lowest BCUT2D eigenvalue weighted by Crippen LogP contribution is -2.09. The van der Waals surface area contributed by atoms with Crippen LogP contribution < -0.4 is 10.2 Å². The van der Waals surface area contributed by atoms with Gasteiger partial charge in [0.05, 0.1) is 0 Å². The topological polar surface area (TPSA) is 15.3 Å². The quantitative estimate of drug-likeness (QED) is 0.196. The van der Waals surface area contributed by atoms with Gasteiger partial charge < -0.3 is 10.2 Å². The second-order valence-electron chi connectivity index (χ2n) is 11.9. The highest BCUT2D eigenvalue weighted by molar-refractivity contribution is 7.19. The summed E-state index contributed by atoms with van der Waals surface area (Å²) in [5.74, 6) is 0. The van der Waals surface area contributed by atoms with Gasteiger partial charge in [-0.3, -0.25) is 0 Å². The van der Waals surface area contributed by atoms with Gasteiger partial charge in [-0.2, -0.15) is 0 Å². The summed E-state index contributed by atoms with van der Waals surface area (Å²) in [5, 5.41) is 9.81. The molecular weight excluding hydrogens is 577 g/mol. The summed E-state index contributed by atoms with van der Waals surface area (Å²) in [5.41, 5.74) is 9.62. The van der Waals surface area contributed by atoms with E-state index in [9.17, 15) is 0 Å². The van der Waals surface area contributed by atoms with E-state index in [2.05, 4.69) is 174 Å². The summed E-state index contributed by atoms with van der Waals surface area (Å²) in [4.78, 5) is 3.76. The van der Waals surface area contributed by atoms with Crippen molar-refractivity contribution in [2.45, 2.75) is 6.54 Å². The van der Waals surface area contributed by atoms with Gasteiger partial charge in [-0.1, -0.05) is 109 Å². The van der Waals surface area contributed by atoms with Crippen LogP contribution >= 0.6 is 11.3 Å². The third-order valence-corrected chi connectivity index (χ3v) is 10.3. The van der Waals surface area contributed by atoms with Crippen LogP contribution in [0.25, 0.3) is 60.0 Å². The van der Waals surface area contributed by atoms with E-state index in [4.69, 9.17) is 0 Å². The molecule has 0 saturated heterocycles. The number of hydrogen-bond acceptors (Lipinski definition) is 3. The van der Waals surface area contributed by atoms with Gasteiger partial charge in [0, 0.05) is 38.6 Å². The second kappa shape index (κ2) is 11.1. The molecule has 1 aromatic heterocycles. The van der Waals surface area contributed by atoms with E-state index in [-0.39, 0.29) is 0 Å². The number of benzene rings is 7. The number of fused-ring (bicyclic) bond motifs is 6. The van der Waals surface area contributed by atoms with Crippen LogP contribution in [0, 0.1) is 0 Å².